The number of esters is 1. The van der Waals surface area contributed by atoms with Gasteiger partial charge in [-0.05, 0) is 17.7 Å². The maximum atomic E-state index is 11.6. The van der Waals surface area contributed by atoms with Crippen molar-refractivity contribution in [1.82, 2.24) is 0 Å². The van der Waals surface area contributed by atoms with Crippen molar-refractivity contribution in [1.29, 1.82) is 0 Å². The van der Waals surface area contributed by atoms with E-state index in [-0.39, 0.29) is 12.6 Å². The van der Waals surface area contributed by atoms with Gasteiger partial charge in [0.05, 0.1) is 18.8 Å². The van der Waals surface area contributed by atoms with Crippen molar-refractivity contribution in [3.63, 3.8) is 0 Å². The Hall–Kier alpha value is -2.13. The van der Waals surface area contributed by atoms with Crippen LogP contribution in [0.15, 0.2) is 60.7 Å². The fourth-order valence-electron chi connectivity index (χ4n) is 1.62. The Morgan fingerprint density at radius 1 is 0.842 bits per heavy atom. The molecule has 2 aromatic rings. The molecule has 0 atom stereocenters. The van der Waals surface area contributed by atoms with Crippen molar-refractivity contribution in [3.05, 3.63) is 71.8 Å². The summed E-state index contributed by atoms with van der Waals surface area (Å²) in [7, 11) is 0. The minimum Gasteiger partial charge on any atom is -0.460 e. The summed E-state index contributed by atoms with van der Waals surface area (Å²) in [6.07, 6.45) is 0. The molecule has 3 heteroatoms. The van der Waals surface area contributed by atoms with Gasteiger partial charge in [0, 0.05) is 0 Å². The van der Waals surface area contributed by atoms with Gasteiger partial charge in [0.2, 0.25) is 0 Å². The Balaban J connectivity index is 1.63. The van der Waals surface area contributed by atoms with Gasteiger partial charge in [0.15, 0.2) is 0 Å². The van der Waals surface area contributed by atoms with Crippen LogP contribution in [0.1, 0.15) is 15.9 Å². The fourth-order valence-corrected chi connectivity index (χ4v) is 1.62. The van der Waals surface area contributed by atoms with Crippen molar-refractivity contribution >= 4 is 5.97 Å². The van der Waals surface area contributed by atoms with E-state index in [2.05, 4.69) is 0 Å². The molecule has 0 spiro atoms. The molecule has 0 aliphatic heterocycles. The maximum Gasteiger partial charge on any atom is 0.338 e. The molecule has 0 radical (unpaired) electrons. The number of carbonyl (C=O) groups is 1. The third-order valence-corrected chi connectivity index (χ3v) is 2.58. The Bertz CT molecular complexity index is 494. The fraction of sp³-hybridized carbons (Fsp3) is 0.188. The molecule has 3 nitrogen and oxygen atoms in total. The Kier molecular flexibility index (Phi) is 5.14. The number of ether oxygens (including phenoxy) is 2. The van der Waals surface area contributed by atoms with Gasteiger partial charge >= 0.3 is 5.97 Å². The van der Waals surface area contributed by atoms with Crippen LogP contribution in [0.2, 0.25) is 0 Å². The quantitative estimate of drug-likeness (QED) is 0.588. The predicted molar refractivity (Wildman–Crippen MR) is 72.8 cm³/mol. The molecule has 0 bridgehead atoms. The molecular weight excluding hydrogens is 240 g/mol. The van der Waals surface area contributed by atoms with Crippen LogP contribution in [-0.4, -0.2) is 19.2 Å². The Morgan fingerprint density at radius 3 is 2.16 bits per heavy atom. The molecule has 0 fully saturated rings. The largest absolute Gasteiger partial charge is 0.460 e. The second-order valence-electron chi connectivity index (χ2n) is 4.04. The van der Waals surface area contributed by atoms with Crippen LogP contribution in [0.25, 0.3) is 0 Å². The van der Waals surface area contributed by atoms with E-state index in [9.17, 15) is 4.79 Å². The van der Waals surface area contributed by atoms with Gasteiger partial charge in [0.1, 0.15) is 6.61 Å². The molecule has 0 N–H and O–H groups in total. The van der Waals surface area contributed by atoms with Crippen LogP contribution in [0.3, 0.4) is 0 Å². The van der Waals surface area contributed by atoms with E-state index >= 15 is 0 Å². The molecule has 2 aromatic carbocycles. The number of carbonyl (C=O) groups excluding carboxylic acids is 1. The highest BCUT2D eigenvalue weighted by Crippen LogP contribution is 2.02. The summed E-state index contributed by atoms with van der Waals surface area (Å²) in [6.45, 7) is 1.19. The number of rotatable bonds is 6. The average molecular weight is 256 g/mol. The van der Waals surface area contributed by atoms with Crippen molar-refractivity contribution in [2.24, 2.45) is 0 Å². The summed E-state index contributed by atoms with van der Waals surface area (Å²) in [6, 6.07) is 18.8. The lowest BCUT2D eigenvalue weighted by Gasteiger charge is -2.06. The molecule has 98 valence electrons. The van der Waals surface area contributed by atoms with Gasteiger partial charge in [-0.25, -0.2) is 4.79 Å². The van der Waals surface area contributed by atoms with Crippen LogP contribution < -0.4 is 0 Å². The van der Waals surface area contributed by atoms with Crippen LogP contribution in [0.4, 0.5) is 0 Å². The molecule has 0 amide bonds. The molecule has 0 aliphatic carbocycles. The standard InChI is InChI=1S/C16H16O3/c17-16(15-9-5-2-6-10-15)19-12-11-18-13-14-7-3-1-4-8-14/h1-10H,11-13H2. The SMILES string of the molecule is O=C(OCCOCc1ccccc1)c1ccccc1. The molecule has 0 unspecified atom stereocenters. The topological polar surface area (TPSA) is 35.5 Å². The van der Waals surface area contributed by atoms with E-state index in [1.54, 1.807) is 12.1 Å². The van der Waals surface area contributed by atoms with Gasteiger partial charge in [-0.1, -0.05) is 48.5 Å². The highest BCUT2D eigenvalue weighted by Gasteiger charge is 2.04. The summed E-state index contributed by atoms with van der Waals surface area (Å²) in [5, 5.41) is 0. The lowest BCUT2D eigenvalue weighted by atomic mass is 10.2. The van der Waals surface area contributed by atoms with Gasteiger partial charge in [0.25, 0.3) is 0 Å². The second-order valence-corrected chi connectivity index (χ2v) is 4.04. The first-order chi connectivity index (χ1) is 9.36. The minimum atomic E-state index is -0.316. The highest BCUT2D eigenvalue weighted by atomic mass is 16.6. The first kappa shape index (κ1) is 13.3. The van der Waals surface area contributed by atoms with Crippen LogP contribution in [-0.2, 0) is 16.1 Å². The molecule has 0 saturated heterocycles. The molecule has 19 heavy (non-hydrogen) atoms. The maximum absolute atomic E-state index is 11.6. The van der Waals surface area contributed by atoms with Gasteiger partial charge in [-0.2, -0.15) is 0 Å². The van der Waals surface area contributed by atoms with Crippen LogP contribution >= 0.6 is 0 Å². The smallest absolute Gasteiger partial charge is 0.338 e. The van der Waals surface area contributed by atoms with Crippen molar-refractivity contribution in [2.45, 2.75) is 6.61 Å². The van der Waals surface area contributed by atoms with Crippen molar-refractivity contribution in [3.8, 4) is 0 Å². The number of benzene rings is 2. The summed E-state index contributed by atoms with van der Waals surface area (Å²) in [4.78, 5) is 11.6. The van der Waals surface area contributed by atoms with Gasteiger partial charge in [-0.3, -0.25) is 0 Å². The first-order valence-corrected chi connectivity index (χ1v) is 6.20. The Morgan fingerprint density at radius 2 is 1.47 bits per heavy atom. The molecule has 2 rings (SSSR count). The first-order valence-electron chi connectivity index (χ1n) is 6.20. The summed E-state index contributed by atoms with van der Waals surface area (Å²) >= 11 is 0. The highest BCUT2D eigenvalue weighted by molar-refractivity contribution is 5.89. The third-order valence-electron chi connectivity index (χ3n) is 2.58. The van der Waals surface area contributed by atoms with E-state index in [1.165, 1.54) is 0 Å². The van der Waals surface area contributed by atoms with E-state index in [0.717, 1.165) is 5.56 Å². The predicted octanol–water partition coefficient (Wildman–Crippen LogP) is 3.06. The van der Waals surface area contributed by atoms with Crippen LogP contribution in [0, 0.1) is 0 Å². The van der Waals surface area contributed by atoms with E-state index in [1.807, 2.05) is 48.5 Å². The zero-order valence-corrected chi connectivity index (χ0v) is 10.6. The monoisotopic (exact) mass is 256 g/mol. The molecule has 0 aliphatic rings. The zero-order chi connectivity index (χ0) is 13.3. The molecule has 0 saturated carbocycles. The van der Waals surface area contributed by atoms with Gasteiger partial charge < -0.3 is 9.47 Å². The summed E-state index contributed by atoms with van der Waals surface area (Å²) < 4.78 is 10.5. The zero-order valence-electron chi connectivity index (χ0n) is 10.6. The van der Waals surface area contributed by atoms with E-state index < -0.39 is 0 Å². The second kappa shape index (κ2) is 7.34. The van der Waals surface area contributed by atoms with Crippen molar-refractivity contribution in [2.75, 3.05) is 13.2 Å². The van der Waals surface area contributed by atoms with Crippen molar-refractivity contribution < 1.29 is 14.3 Å². The summed E-state index contributed by atoms with van der Waals surface area (Å²) in [5.74, 6) is -0.316. The Labute approximate surface area is 112 Å². The van der Waals surface area contributed by atoms with E-state index in [4.69, 9.17) is 9.47 Å². The lowest BCUT2D eigenvalue weighted by molar-refractivity contribution is 0.0288. The molecule has 0 aromatic heterocycles. The lowest BCUT2D eigenvalue weighted by Crippen LogP contribution is -2.10. The third kappa shape index (κ3) is 4.56. The number of hydrogen-bond acceptors (Lipinski definition) is 3. The number of hydrogen-bond donors (Lipinski definition) is 0. The average Bonchev–Trinajstić information content (AvgIpc) is 2.49. The summed E-state index contributed by atoms with van der Waals surface area (Å²) in [5.41, 5.74) is 1.67. The normalized spacial score (nSPS) is 10.1. The molecular formula is C16H16O3. The van der Waals surface area contributed by atoms with Crippen LogP contribution in [0.5, 0.6) is 0 Å². The minimum absolute atomic E-state index is 0.264. The molecule has 0 heterocycles. The van der Waals surface area contributed by atoms with E-state index in [0.29, 0.717) is 18.8 Å². The van der Waals surface area contributed by atoms with Gasteiger partial charge in [-0.15, -0.1) is 0 Å².